The summed E-state index contributed by atoms with van der Waals surface area (Å²) in [6.07, 6.45) is 3.22. The standard InChI is InChI=1S/C12H17N3O4/c1-8(9-3-5-13-6-4-9)15-11(18)14-7-12(2,19)10(16)17/h3-6,8,19H,7H2,1-2H3,(H,16,17)(H2,14,15,18). The summed E-state index contributed by atoms with van der Waals surface area (Å²) in [6, 6.07) is 2.72. The van der Waals surface area contributed by atoms with Crippen LogP contribution in [0.15, 0.2) is 24.5 Å². The Morgan fingerprint density at radius 2 is 2.00 bits per heavy atom. The molecule has 1 aromatic rings. The second kappa shape index (κ2) is 6.14. The molecule has 0 aliphatic heterocycles. The molecule has 2 unspecified atom stereocenters. The van der Waals surface area contributed by atoms with E-state index in [4.69, 9.17) is 5.11 Å². The molecule has 0 spiro atoms. The van der Waals surface area contributed by atoms with Crippen LogP contribution in [0.25, 0.3) is 0 Å². The number of hydrogen-bond donors (Lipinski definition) is 4. The van der Waals surface area contributed by atoms with E-state index in [2.05, 4.69) is 15.6 Å². The number of aliphatic hydroxyl groups is 1. The first-order chi connectivity index (χ1) is 8.83. The van der Waals surface area contributed by atoms with Gasteiger partial charge in [0, 0.05) is 12.4 Å². The summed E-state index contributed by atoms with van der Waals surface area (Å²) in [5, 5.41) is 23.1. The van der Waals surface area contributed by atoms with E-state index in [-0.39, 0.29) is 12.6 Å². The number of pyridine rings is 1. The second-order valence-electron chi connectivity index (χ2n) is 4.41. The molecular formula is C12H17N3O4. The smallest absolute Gasteiger partial charge is 0.337 e. The van der Waals surface area contributed by atoms with Crippen LogP contribution in [0.1, 0.15) is 25.5 Å². The van der Waals surface area contributed by atoms with Crippen LogP contribution >= 0.6 is 0 Å². The fourth-order valence-electron chi connectivity index (χ4n) is 1.31. The highest BCUT2D eigenvalue weighted by molar-refractivity contribution is 5.79. The van der Waals surface area contributed by atoms with Gasteiger partial charge in [0.05, 0.1) is 12.6 Å². The van der Waals surface area contributed by atoms with Gasteiger partial charge in [-0.2, -0.15) is 0 Å². The van der Waals surface area contributed by atoms with Crippen molar-refractivity contribution in [2.24, 2.45) is 0 Å². The maximum Gasteiger partial charge on any atom is 0.337 e. The fraction of sp³-hybridized carbons (Fsp3) is 0.417. The molecule has 0 aromatic carbocycles. The van der Waals surface area contributed by atoms with Crippen LogP contribution in [0.4, 0.5) is 4.79 Å². The number of carboxylic acids is 1. The summed E-state index contributed by atoms with van der Waals surface area (Å²) >= 11 is 0. The van der Waals surface area contributed by atoms with Gasteiger partial charge in [-0.3, -0.25) is 4.98 Å². The first kappa shape index (κ1) is 14.9. The van der Waals surface area contributed by atoms with Crippen LogP contribution in [0.5, 0.6) is 0 Å². The van der Waals surface area contributed by atoms with Crippen molar-refractivity contribution in [2.45, 2.75) is 25.5 Å². The topological polar surface area (TPSA) is 112 Å². The van der Waals surface area contributed by atoms with Gasteiger partial charge in [0.15, 0.2) is 5.60 Å². The maximum absolute atomic E-state index is 11.6. The van der Waals surface area contributed by atoms with Gasteiger partial charge in [0.1, 0.15) is 0 Å². The zero-order chi connectivity index (χ0) is 14.5. The van der Waals surface area contributed by atoms with Gasteiger partial charge in [-0.15, -0.1) is 0 Å². The van der Waals surface area contributed by atoms with Crippen molar-refractivity contribution in [1.29, 1.82) is 0 Å². The quantitative estimate of drug-likeness (QED) is 0.612. The lowest BCUT2D eigenvalue weighted by molar-refractivity contribution is -0.155. The van der Waals surface area contributed by atoms with Gasteiger partial charge < -0.3 is 20.8 Å². The molecule has 1 rings (SSSR count). The molecule has 0 fully saturated rings. The number of aliphatic carboxylic acids is 1. The fourth-order valence-corrected chi connectivity index (χ4v) is 1.31. The van der Waals surface area contributed by atoms with E-state index >= 15 is 0 Å². The summed E-state index contributed by atoms with van der Waals surface area (Å²) in [4.78, 5) is 26.1. The number of urea groups is 1. The normalized spacial score (nSPS) is 15.1. The average Bonchev–Trinajstić information content (AvgIpc) is 2.37. The van der Waals surface area contributed by atoms with E-state index in [1.54, 1.807) is 31.5 Å². The van der Waals surface area contributed by atoms with E-state index in [1.165, 1.54) is 0 Å². The number of rotatable bonds is 5. The first-order valence-electron chi connectivity index (χ1n) is 5.73. The molecule has 7 heteroatoms. The highest BCUT2D eigenvalue weighted by Gasteiger charge is 2.30. The van der Waals surface area contributed by atoms with Crippen molar-refractivity contribution in [3.05, 3.63) is 30.1 Å². The highest BCUT2D eigenvalue weighted by Crippen LogP contribution is 2.09. The van der Waals surface area contributed by atoms with Gasteiger partial charge in [-0.25, -0.2) is 9.59 Å². The predicted molar refractivity (Wildman–Crippen MR) is 67.4 cm³/mol. The Bertz CT molecular complexity index is 448. The summed E-state index contributed by atoms with van der Waals surface area (Å²) in [7, 11) is 0. The van der Waals surface area contributed by atoms with Gasteiger partial charge in [-0.05, 0) is 31.5 Å². The number of nitrogens with one attached hydrogen (secondary N) is 2. The van der Waals surface area contributed by atoms with E-state index in [0.717, 1.165) is 12.5 Å². The molecule has 2 amide bonds. The molecule has 0 saturated heterocycles. The zero-order valence-corrected chi connectivity index (χ0v) is 10.8. The zero-order valence-electron chi connectivity index (χ0n) is 10.8. The molecule has 0 aliphatic carbocycles. The van der Waals surface area contributed by atoms with Crippen molar-refractivity contribution in [1.82, 2.24) is 15.6 Å². The monoisotopic (exact) mass is 267 g/mol. The number of nitrogens with zero attached hydrogens (tertiary/aromatic N) is 1. The molecule has 1 aromatic heterocycles. The number of aromatic nitrogens is 1. The Kier molecular flexibility index (Phi) is 4.82. The molecule has 4 N–H and O–H groups in total. The molecule has 2 atom stereocenters. The third-order valence-electron chi connectivity index (χ3n) is 2.61. The maximum atomic E-state index is 11.6. The number of hydrogen-bond acceptors (Lipinski definition) is 4. The number of amides is 2. The summed E-state index contributed by atoms with van der Waals surface area (Å²) < 4.78 is 0. The van der Waals surface area contributed by atoms with Crippen molar-refractivity contribution < 1.29 is 19.8 Å². The highest BCUT2D eigenvalue weighted by atomic mass is 16.4. The first-order valence-corrected chi connectivity index (χ1v) is 5.73. The van der Waals surface area contributed by atoms with Crippen LogP contribution < -0.4 is 10.6 Å². The van der Waals surface area contributed by atoms with Gasteiger partial charge in [0.25, 0.3) is 0 Å². The summed E-state index contributed by atoms with van der Waals surface area (Å²) in [6.45, 7) is 2.52. The van der Waals surface area contributed by atoms with E-state index in [9.17, 15) is 14.7 Å². The summed E-state index contributed by atoms with van der Waals surface area (Å²) in [5.74, 6) is -1.39. The lowest BCUT2D eigenvalue weighted by Gasteiger charge is -2.20. The van der Waals surface area contributed by atoms with Crippen LogP contribution in [0.2, 0.25) is 0 Å². The Labute approximate surface area is 110 Å². The van der Waals surface area contributed by atoms with Crippen molar-refractivity contribution in [3.63, 3.8) is 0 Å². The minimum atomic E-state index is -1.99. The molecule has 0 saturated carbocycles. The molecule has 7 nitrogen and oxygen atoms in total. The van der Waals surface area contributed by atoms with Crippen molar-refractivity contribution >= 4 is 12.0 Å². The predicted octanol–water partition coefficient (Wildman–Crippen LogP) is 0.277. The Morgan fingerprint density at radius 3 is 2.53 bits per heavy atom. The van der Waals surface area contributed by atoms with Crippen LogP contribution in [-0.4, -0.2) is 39.3 Å². The Balaban J connectivity index is 2.46. The lowest BCUT2D eigenvalue weighted by Crippen LogP contribution is -2.49. The van der Waals surface area contributed by atoms with Crippen molar-refractivity contribution in [2.75, 3.05) is 6.54 Å². The Morgan fingerprint density at radius 1 is 1.42 bits per heavy atom. The van der Waals surface area contributed by atoms with E-state index < -0.39 is 17.6 Å². The molecule has 19 heavy (non-hydrogen) atoms. The van der Waals surface area contributed by atoms with Gasteiger partial charge in [-0.1, -0.05) is 0 Å². The molecule has 1 heterocycles. The third kappa shape index (κ3) is 4.55. The van der Waals surface area contributed by atoms with Crippen LogP contribution in [-0.2, 0) is 4.79 Å². The average molecular weight is 267 g/mol. The molecule has 104 valence electrons. The minimum absolute atomic E-state index is 0.252. The van der Waals surface area contributed by atoms with Crippen LogP contribution in [0.3, 0.4) is 0 Å². The number of carbonyl (C=O) groups excluding carboxylic acids is 1. The second-order valence-corrected chi connectivity index (χ2v) is 4.41. The van der Waals surface area contributed by atoms with Crippen LogP contribution in [0, 0.1) is 0 Å². The third-order valence-corrected chi connectivity index (χ3v) is 2.61. The van der Waals surface area contributed by atoms with E-state index in [0.29, 0.717) is 0 Å². The molecule has 0 aliphatic rings. The van der Waals surface area contributed by atoms with E-state index in [1.807, 2.05) is 0 Å². The van der Waals surface area contributed by atoms with Gasteiger partial charge >= 0.3 is 12.0 Å². The van der Waals surface area contributed by atoms with Crippen molar-refractivity contribution in [3.8, 4) is 0 Å². The molecular weight excluding hydrogens is 250 g/mol. The largest absolute Gasteiger partial charge is 0.479 e. The number of carboxylic acid groups (broad SMARTS) is 1. The SMILES string of the molecule is CC(NC(=O)NCC(C)(O)C(=O)O)c1ccncc1. The molecule has 0 bridgehead atoms. The minimum Gasteiger partial charge on any atom is -0.479 e. The Hall–Kier alpha value is -2.15. The molecule has 0 radical (unpaired) electrons. The number of carbonyl (C=O) groups is 2. The van der Waals surface area contributed by atoms with Gasteiger partial charge in [0.2, 0.25) is 0 Å². The summed E-state index contributed by atoms with van der Waals surface area (Å²) in [5.41, 5.74) is -1.12. The lowest BCUT2D eigenvalue weighted by atomic mass is 10.1.